The number of carbonyl (C=O) groups excluding carboxylic acids is 1. The maximum absolute atomic E-state index is 13.4. The first kappa shape index (κ1) is 23.8. The maximum atomic E-state index is 13.4. The molecule has 7 nitrogen and oxygen atoms in total. The topological polar surface area (TPSA) is 86.0 Å². The zero-order valence-electron chi connectivity index (χ0n) is 18.6. The van der Waals surface area contributed by atoms with E-state index in [9.17, 15) is 9.18 Å². The van der Waals surface area contributed by atoms with Crippen LogP contribution in [0.25, 0.3) is 0 Å². The van der Waals surface area contributed by atoms with Crippen LogP contribution in [0.1, 0.15) is 29.3 Å². The average Bonchev–Trinajstić information content (AvgIpc) is 3.21. The fourth-order valence-electron chi connectivity index (χ4n) is 4.30. The minimum Gasteiger partial charge on any atom is -0.493 e. The van der Waals surface area contributed by atoms with Gasteiger partial charge in [-0.05, 0) is 37.1 Å². The highest BCUT2D eigenvalue weighted by Crippen LogP contribution is 2.29. The molecule has 2 heterocycles. The van der Waals surface area contributed by atoms with Gasteiger partial charge in [-0.2, -0.15) is 0 Å². The van der Waals surface area contributed by atoms with Gasteiger partial charge in [0.25, 0.3) is 5.91 Å². The number of morpholine rings is 1. The van der Waals surface area contributed by atoms with Gasteiger partial charge in [0.2, 0.25) is 0 Å². The summed E-state index contributed by atoms with van der Waals surface area (Å²) in [5.74, 6) is -0.143. The van der Waals surface area contributed by atoms with Gasteiger partial charge in [0.1, 0.15) is 11.6 Å². The Labute approximate surface area is 197 Å². The third-order valence-electron chi connectivity index (χ3n) is 5.96. The summed E-state index contributed by atoms with van der Waals surface area (Å²) in [5, 5.41) is 3.23. The third kappa shape index (κ3) is 5.95. The van der Waals surface area contributed by atoms with Crippen molar-refractivity contribution in [2.24, 2.45) is 0 Å². The van der Waals surface area contributed by atoms with E-state index < -0.39 is 0 Å². The highest BCUT2D eigenvalue weighted by Gasteiger charge is 2.38. The van der Waals surface area contributed by atoms with Crippen molar-refractivity contribution in [2.45, 2.75) is 38.2 Å². The molecule has 3 N–H and O–H groups in total. The van der Waals surface area contributed by atoms with E-state index in [1.807, 2.05) is 13.0 Å². The van der Waals surface area contributed by atoms with Crippen LogP contribution < -0.4 is 15.8 Å². The number of hydrogen-bond donors (Lipinski definition) is 2. The molecule has 1 amide bonds. The van der Waals surface area contributed by atoms with Gasteiger partial charge in [-0.15, -0.1) is 0 Å². The normalized spacial score (nSPS) is 22.7. The first-order chi connectivity index (χ1) is 15.9. The molecule has 0 aliphatic carbocycles. The van der Waals surface area contributed by atoms with E-state index in [4.69, 9.17) is 31.5 Å². The molecule has 2 saturated heterocycles. The Morgan fingerprint density at radius 2 is 2.18 bits per heavy atom. The average molecular weight is 478 g/mol. The van der Waals surface area contributed by atoms with Crippen LogP contribution in [0, 0.1) is 5.82 Å². The number of nitrogens with zero attached hydrogens (tertiary/aromatic N) is 1. The number of nitrogens with two attached hydrogens (primary N) is 1. The number of halogens is 2. The van der Waals surface area contributed by atoms with E-state index in [2.05, 4.69) is 10.2 Å². The number of fused-ring (bicyclic) bond motifs is 1. The number of rotatable bonds is 8. The molecule has 2 aromatic rings. The lowest BCUT2D eigenvalue weighted by Crippen LogP contribution is -2.50. The molecule has 178 valence electrons. The third-order valence-corrected chi connectivity index (χ3v) is 6.29. The molecule has 0 aromatic heterocycles. The fraction of sp³-hybridized carbons (Fsp3) is 0.458. The number of ether oxygens (including phenoxy) is 3. The van der Waals surface area contributed by atoms with Crippen molar-refractivity contribution in [1.29, 1.82) is 0 Å². The minimum atomic E-state index is -0.288. The number of amides is 1. The van der Waals surface area contributed by atoms with E-state index in [1.165, 1.54) is 18.2 Å². The second-order valence-corrected chi connectivity index (χ2v) is 8.78. The summed E-state index contributed by atoms with van der Waals surface area (Å²) in [6.45, 7) is 5.07. The van der Waals surface area contributed by atoms with Gasteiger partial charge >= 0.3 is 0 Å². The second kappa shape index (κ2) is 10.7. The van der Waals surface area contributed by atoms with Crippen LogP contribution in [0.5, 0.6) is 5.75 Å². The Morgan fingerprint density at radius 3 is 2.97 bits per heavy atom. The zero-order chi connectivity index (χ0) is 23.4. The van der Waals surface area contributed by atoms with Gasteiger partial charge in [-0.1, -0.05) is 23.7 Å². The molecule has 0 bridgehead atoms. The highest BCUT2D eigenvalue weighted by atomic mass is 35.5. The Kier molecular flexibility index (Phi) is 7.70. The molecule has 0 unspecified atom stereocenters. The van der Waals surface area contributed by atoms with Crippen molar-refractivity contribution in [1.82, 2.24) is 10.2 Å². The Morgan fingerprint density at radius 1 is 1.33 bits per heavy atom. The lowest BCUT2D eigenvalue weighted by Gasteiger charge is -2.35. The Bertz CT molecular complexity index is 992. The molecule has 4 rings (SSSR count). The van der Waals surface area contributed by atoms with E-state index in [1.54, 1.807) is 12.1 Å². The molecule has 0 spiro atoms. The number of carbonyl (C=O) groups is 1. The summed E-state index contributed by atoms with van der Waals surface area (Å²) in [7, 11) is 0. The standard InChI is InChI=1S/C24H29ClFN3O4/c1-2-31-23-9-22(27)21(25)8-20(23)24(30)28-10-19-12-29-11-18(7-17(29)14-33-19)32-13-15-4-3-5-16(26)6-15/h3-6,8-9,17-19H,2,7,10-14,27H2,1H3,(H,28,30)/t17-,18+,19+/m0/s1. The lowest BCUT2D eigenvalue weighted by atomic mass is 10.1. The summed E-state index contributed by atoms with van der Waals surface area (Å²) >= 11 is 6.10. The molecule has 2 fully saturated rings. The molecular formula is C24H29ClFN3O4. The van der Waals surface area contributed by atoms with Crippen molar-refractivity contribution in [3.05, 3.63) is 58.4 Å². The molecule has 33 heavy (non-hydrogen) atoms. The summed E-state index contributed by atoms with van der Waals surface area (Å²) in [4.78, 5) is 15.1. The Hall–Kier alpha value is -2.39. The molecule has 2 aromatic carbocycles. The van der Waals surface area contributed by atoms with Gasteiger partial charge < -0.3 is 25.3 Å². The van der Waals surface area contributed by atoms with Crippen molar-refractivity contribution in [3.8, 4) is 5.75 Å². The number of nitrogen functional groups attached to an aromatic ring is 1. The molecule has 9 heteroatoms. The van der Waals surface area contributed by atoms with Gasteiger partial charge in [0.05, 0.1) is 48.3 Å². The van der Waals surface area contributed by atoms with Crippen LogP contribution in [-0.4, -0.2) is 61.9 Å². The predicted molar refractivity (Wildman–Crippen MR) is 124 cm³/mol. The lowest BCUT2D eigenvalue weighted by molar-refractivity contribution is -0.0466. The molecule has 3 atom stereocenters. The summed E-state index contributed by atoms with van der Waals surface area (Å²) in [6.07, 6.45) is 0.809. The van der Waals surface area contributed by atoms with Crippen molar-refractivity contribution in [3.63, 3.8) is 0 Å². The Balaban J connectivity index is 1.27. The largest absolute Gasteiger partial charge is 0.493 e. The van der Waals surface area contributed by atoms with E-state index in [0.29, 0.717) is 54.9 Å². The van der Waals surface area contributed by atoms with Gasteiger partial charge in [0.15, 0.2) is 0 Å². The number of anilines is 1. The minimum absolute atomic E-state index is 0.0703. The summed E-state index contributed by atoms with van der Waals surface area (Å²) in [5.41, 5.74) is 7.37. The fourth-order valence-corrected chi connectivity index (χ4v) is 4.47. The van der Waals surface area contributed by atoms with E-state index >= 15 is 0 Å². The summed E-state index contributed by atoms with van der Waals surface area (Å²) in [6, 6.07) is 9.85. The molecule has 2 aliphatic rings. The maximum Gasteiger partial charge on any atom is 0.255 e. The molecular weight excluding hydrogens is 449 g/mol. The number of benzene rings is 2. The first-order valence-electron chi connectivity index (χ1n) is 11.1. The van der Waals surface area contributed by atoms with E-state index in [-0.39, 0.29) is 30.0 Å². The quantitative estimate of drug-likeness (QED) is 0.568. The smallest absolute Gasteiger partial charge is 0.255 e. The van der Waals surface area contributed by atoms with Crippen LogP contribution in [0.15, 0.2) is 36.4 Å². The zero-order valence-corrected chi connectivity index (χ0v) is 19.3. The molecule has 2 aliphatic heterocycles. The number of nitrogens with one attached hydrogen (secondary N) is 1. The molecule has 0 radical (unpaired) electrons. The van der Waals surface area contributed by atoms with Gasteiger partial charge in [-0.3, -0.25) is 9.69 Å². The van der Waals surface area contributed by atoms with Crippen molar-refractivity contribution < 1.29 is 23.4 Å². The number of hydrogen-bond acceptors (Lipinski definition) is 6. The SMILES string of the molecule is CCOc1cc(N)c(Cl)cc1C(=O)NC[C@@H]1CN2C[C@H](OCc3cccc(F)c3)C[C@H]2CO1. The summed E-state index contributed by atoms with van der Waals surface area (Å²) < 4.78 is 30.9. The van der Waals surface area contributed by atoms with Crippen LogP contribution >= 0.6 is 11.6 Å². The van der Waals surface area contributed by atoms with Crippen LogP contribution in [-0.2, 0) is 16.1 Å². The van der Waals surface area contributed by atoms with Crippen LogP contribution in [0.2, 0.25) is 5.02 Å². The van der Waals surface area contributed by atoms with Crippen molar-refractivity contribution in [2.75, 3.05) is 38.6 Å². The molecule has 0 saturated carbocycles. The van der Waals surface area contributed by atoms with Crippen LogP contribution in [0.4, 0.5) is 10.1 Å². The van der Waals surface area contributed by atoms with Gasteiger partial charge in [0, 0.05) is 31.7 Å². The van der Waals surface area contributed by atoms with E-state index in [0.717, 1.165) is 18.5 Å². The second-order valence-electron chi connectivity index (χ2n) is 8.37. The monoisotopic (exact) mass is 477 g/mol. The first-order valence-corrected chi connectivity index (χ1v) is 11.5. The van der Waals surface area contributed by atoms with Crippen molar-refractivity contribution >= 4 is 23.2 Å². The predicted octanol–water partition coefficient (Wildman–Crippen LogP) is 3.25. The van der Waals surface area contributed by atoms with Crippen LogP contribution in [0.3, 0.4) is 0 Å². The van der Waals surface area contributed by atoms with Gasteiger partial charge in [-0.25, -0.2) is 4.39 Å². The highest BCUT2D eigenvalue weighted by molar-refractivity contribution is 6.33.